The zero-order valence-corrected chi connectivity index (χ0v) is 20.2. The molecule has 34 heavy (non-hydrogen) atoms. The van der Waals surface area contributed by atoms with E-state index in [1.807, 2.05) is 30.3 Å². The third kappa shape index (κ3) is 8.24. The second-order valence-corrected chi connectivity index (χ2v) is 8.81. The first kappa shape index (κ1) is 26.9. The van der Waals surface area contributed by atoms with Crippen molar-refractivity contribution >= 4 is 12.1 Å². The number of carbonyl (C=O) groups excluding carboxylic acids is 1. The highest BCUT2D eigenvalue weighted by Gasteiger charge is 2.35. The van der Waals surface area contributed by atoms with Crippen molar-refractivity contribution in [1.29, 1.82) is 0 Å². The van der Waals surface area contributed by atoms with Gasteiger partial charge in [0.15, 0.2) is 0 Å². The van der Waals surface area contributed by atoms with Gasteiger partial charge in [-0.05, 0) is 38.8 Å². The summed E-state index contributed by atoms with van der Waals surface area (Å²) in [6, 6.07) is 12.0. The van der Waals surface area contributed by atoms with Gasteiger partial charge in [0, 0.05) is 18.2 Å². The molecule has 0 bridgehead atoms. The number of alkyl carbamates (subject to hydrolysis) is 1. The maximum Gasteiger partial charge on any atom is 0.407 e. The van der Waals surface area contributed by atoms with E-state index in [4.69, 9.17) is 14.2 Å². The Morgan fingerprint density at radius 2 is 1.71 bits per heavy atom. The number of aliphatic hydroxyl groups excluding tert-OH is 1. The van der Waals surface area contributed by atoms with E-state index < -0.39 is 35.9 Å². The van der Waals surface area contributed by atoms with Crippen LogP contribution in [0, 0.1) is 0 Å². The van der Waals surface area contributed by atoms with E-state index >= 15 is 0 Å². The van der Waals surface area contributed by atoms with Crippen LogP contribution in [0.1, 0.15) is 31.9 Å². The van der Waals surface area contributed by atoms with Gasteiger partial charge in [0.05, 0.1) is 20.3 Å². The monoisotopic (exact) mass is 474 g/mol. The third-order valence-corrected chi connectivity index (χ3v) is 5.03. The molecule has 2 aromatic carbocycles. The molecular weight excluding hydrogens is 440 g/mol. The molecule has 0 aliphatic carbocycles. The Balaban J connectivity index is 2.23. The van der Waals surface area contributed by atoms with Crippen molar-refractivity contribution in [3.05, 3.63) is 59.7 Å². The van der Waals surface area contributed by atoms with Crippen LogP contribution in [0.25, 0.3) is 0 Å². The van der Waals surface area contributed by atoms with Gasteiger partial charge in [0.1, 0.15) is 29.2 Å². The van der Waals surface area contributed by atoms with Gasteiger partial charge in [0.2, 0.25) is 0 Å². The van der Waals surface area contributed by atoms with Gasteiger partial charge in [-0.25, -0.2) is 4.79 Å². The zero-order valence-electron chi connectivity index (χ0n) is 20.2. The fourth-order valence-corrected chi connectivity index (χ4v) is 3.39. The highest BCUT2D eigenvalue weighted by Crippen LogP contribution is 2.24. The minimum Gasteiger partial charge on any atom is -0.497 e. The van der Waals surface area contributed by atoms with Crippen LogP contribution in [0.4, 0.5) is 4.79 Å². The second-order valence-electron chi connectivity index (χ2n) is 8.81. The summed E-state index contributed by atoms with van der Waals surface area (Å²) >= 11 is 0. The van der Waals surface area contributed by atoms with Crippen LogP contribution in [0.3, 0.4) is 0 Å². The second kappa shape index (κ2) is 12.2. The Morgan fingerprint density at radius 1 is 1.03 bits per heavy atom. The molecule has 0 fully saturated rings. The number of rotatable bonds is 11. The molecule has 0 aliphatic rings. The lowest BCUT2D eigenvalue weighted by atomic mass is 9.96. The number of carbonyl (C=O) groups is 2. The Morgan fingerprint density at radius 3 is 2.26 bits per heavy atom. The summed E-state index contributed by atoms with van der Waals surface area (Å²) in [6.45, 7) is 5.27. The van der Waals surface area contributed by atoms with Crippen molar-refractivity contribution in [2.45, 2.75) is 57.5 Å². The van der Waals surface area contributed by atoms with Crippen molar-refractivity contribution in [3.63, 3.8) is 0 Å². The number of aliphatic carboxylic acids is 1. The molecule has 2 aromatic rings. The van der Waals surface area contributed by atoms with Crippen LogP contribution >= 0.6 is 0 Å². The molecule has 0 spiro atoms. The van der Waals surface area contributed by atoms with E-state index in [0.717, 1.165) is 5.56 Å². The molecule has 3 atom stereocenters. The van der Waals surface area contributed by atoms with E-state index in [9.17, 15) is 19.8 Å². The molecule has 0 aliphatic heterocycles. The standard InChI is InChI=1S/C25H34N2O7/c1-25(2,3)34-24(31)27-19(13-16-9-7-6-8-10-16)22(28)21(23(29)30)26-15-17-11-12-18(32-4)14-20(17)33-5/h6-12,14,19,21-22,26,28H,13,15H2,1-5H3,(H,27,31)(H,29,30)/t19-,21+,22+/m0/s1. The molecule has 2 rings (SSSR count). The maximum atomic E-state index is 12.4. The highest BCUT2D eigenvalue weighted by molar-refractivity contribution is 5.75. The number of carboxylic acids is 1. The van der Waals surface area contributed by atoms with Gasteiger partial charge in [-0.2, -0.15) is 0 Å². The molecule has 0 saturated heterocycles. The molecule has 186 valence electrons. The summed E-state index contributed by atoms with van der Waals surface area (Å²) in [6.07, 6.45) is -2.00. The van der Waals surface area contributed by atoms with Crippen LogP contribution in [0.15, 0.2) is 48.5 Å². The Hall–Kier alpha value is -3.30. The number of carboxylic acid groups (broad SMARTS) is 1. The van der Waals surface area contributed by atoms with Crippen LogP contribution in [-0.2, 0) is 22.5 Å². The SMILES string of the molecule is COc1ccc(CN[C@@H](C(=O)O)[C@H](O)[C@H](Cc2ccccc2)NC(=O)OC(C)(C)C)c(OC)c1. The number of nitrogens with one attached hydrogen (secondary N) is 2. The first-order valence-corrected chi connectivity index (χ1v) is 10.9. The molecule has 9 nitrogen and oxygen atoms in total. The Bertz CT molecular complexity index is 944. The molecular formula is C25H34N2O7. The van der Waals surface area contributed by atoms with E-state index in [1.165, 1.54) is 14.2 Å². The number of aliphatic hydroxyl groups is 1. The topological polar surface area (TPSA) is 126 Å². The number of benzene rings is 2. The van der Waals surface area contributed by atoms with E-state index in [-0.39, 0.29) is 13.0 Å². The molecule has 0 radical (unpaired) electrons. The van der Waals surface area contributed by atoms with Crippen LogP contribution in [-0.4, -0.2) is 60.3 Å². The minimum absolute atomic E-state index is 0.103. The van der Waals surface area contributed by atoms with Gasteiger partial charge in [-0.3, -0.25) is 10.1 Å². The minimum atomic E-state index is -1.46. The summed E-state index contributed by atoms with van der Waals surface area (Å²) in [5.74, 6) is -0.151. The van der Waals surface area contributed by atoms with Gasteiger partial charge in [0.25, 0.3) is 0 Å². The predicted molar refractivity (Wildman–Crippen MR) is 127 cm³/mol. The smallest absolute Gasteiger partial charge is 0.407 e. The summed E-state index contributed by atoms with van der Waals surface area (Å²) in [5.41, 5.74) is 0.756. The maximum absolute atomic E-state index is 12.4. The van der Waals surface area contributed by atoms with Gasteiger partial charge < -0.3 is 29.7 Å². The number of amides is 1. The summed E-state index contributed by atoms with van der Waals surface area (Å²) < 4.78 is 15.9. The molecule has 1 amide bonds. The average molecular weight is 475 g/mol. The first-order valence-electron chi connectivity index (χ1n) is 10.9. The van der Waals surface area contributed by atoms with Crippen molar-refractivity contribution < 1.29 is 34.0 Å². The number of methoxy groups -OCH3 is 2. The largest absolute Gasteiger partial charge is 0.497 e. The summed E-state index contributed by atoms with van der Waals surface area (Å²) in [5, 5.41) is 26.4. The van der Waals surface area contributed by atoms with Crippen molar-refractivity contribution in [2.75, 3.05) is 14.2 Å². The molecule has 0 aromatic heterocycles. The van der Waals surface area contributed by atoms with E-state index in [0.29, 0.717) is 17.1 Å². The average Bonchev–Trinajstić information content (AvgIpc) is 2.77. The Labute approximate surface area is 200 Å². The molecule has 9 heteroatoms. The molecule has 0 saturated carbocycles. The van der Waals surface area contributed by atoms with E-state index in [2.05, 4.69) is 10.6 Å². The van der Waals surface area contributed by atoms with Crippen molar-refractivity contribution in [3.8, 4) is 11.5 Å². The Kier molecular flexibility index (Phi) is 9.70. The van der Waals surface area contributed by atoms with E-state index in [1.54, 1.807) is 39.0 Å². The van der Waals surface area contributed by atoms with Gasteiger partial charge in [-0.1, -0.05) is 36.4 Å². The lowest BCUT2D eigenvalue weighted by Crippen LogP contribution is -2.57. The molecule has 0 heterocycles. The van der Waals surface area contributed by atoms with Gasteiger partial charge in [-0.15, -0.1) is 0 Å². The normalized spacial score (nSPS) is 13.9. The number of hydrogen-bond donors (Lipinski definition) is 4. The zero-order chi connectivity index (χ0) is 25.3. The van der Waals surface area contributed by atoms with Crippen molar-refractivity contribution in [1.82, 2.24) is 10.6 Å². The fourth-order valence-electron chi connectivity index (χ4n) is 3.39. The predicted octanol–water partition coefficient (Wildman–Crippen LogP) is 2.74. The van der Waals surface area contributed by atoms with Crippen LogP contribution in [0.5, 0.6) is 11.5 Å². The fraction of sp³-hybridized carbons (Fsp3) is 0.440. The molecule has 4 N–H and O–H groups in total. The van der Waals surface area contributed by atoms with Gasteiger partial charge >= 0.3 is 12.1 Å². The third-order valence-electron chi connectivity index (χ3n) is 5.03. The van der Waals surface area contributed by atoms with Crippen LogP contribution < -0.4 is 20.1 Å². The highest BCUT2D eigenvalue weighted by atomic mass is 16.6. The first-order chi connectivity index (χ1) is 16.0. The van der Waals surface area contributed by atoms with Crippen molar-refractivity contribution in [2.24, 2.45) is 0 Å². The lowest BCUT2D eigenvalue weighted by Gasteiger charge is -2.30. The lowest BCUT2D eigenvalue weighted by molar-refractivity contribution is -0.143. The molecule has 0 unspecified atom stereocenters. The van der Waals surface area contributed by atoms with Crippen LogP contribution in [0.2, 0.25) is 0 Å². The summed E-state index contributed by atoms with van der Waals surface area (Å²) in [7, 11) is 3.04. The number of ether oxygens (including phenoxy) is 3. The quantitative estimate of drug-likeness (QED) is 0.392. The summed E-state index contributed by atoms with van der Waals surface area (Å²) in [4.78, 5) is 24.5. The number of hydrogen-bond acceptors (Lipinski definition) is 7.